The summed E-state index contributed by atoms with van der Waals surface area (Å²) in [4.78, 5) is 0. The minimum atomic E-state index is 0. The molecule has 0 heterocycles. The van der Waals surface area contributed by atoms with E-state index in [4.69, 9.17) is 0 Å². The second-order valence-corrected chi connectivity index (χ2v) is 3.83. The van der Waals surface area contributed by atoms with E-state index in [0.717, 1.165) is 5.92 Å². The predicted octanol–water partition coefficient (Wildman–Crippen LogP) is 3.64. The van der Waals surface area contributed by atoms with Gasteiger partial charge in [-0.1, -0.05) is 38.7 Å². The molecule has 0 aromatic carbocycles. The van der Waals surface area contributed by atoms with Crippen LogP contribution in [-0.2, 0) is 0 Å². The van der Waals surface area contributed by atoms with Gasteiger partial charge in [0.25, 0.3) is 0 Å². The first kappa shape index (κ1) is 9.57. The van der Waals surface area contributed by atoms with E-state index in [-0.39, 0.29) is 7.43 Å². The molecule has 0 aromatic heterocycles. The molecule has 0 amide bonds. The van der Waals surface area contributed by atoms with Gasteiger partial charge in [-0.2, -0.15) is 0 Å². The summed E-state index contributed by atoms with van der Waals surface area (Å²) in [5.74, 6) is 0.928. The normalized spacial score (nSPS) is 37.6. The van der Waals surface area contributed by atoms with E-state index in [1.165, 1.54) is 25.7 Å². The summed E-state index contributed by atoms with van der Waals surface area (Å²) in [6.45, 7) is 2.32. The molecule has 2 aliphatic rings. The molecule has 12 heavy (non-hydrogen) atoms. The summed E-state index contributed by atoms with van der Waals surface area (Å²) in [6.07, 6.45) is 14.8. The second-order valence-electron chi connectivity index (χ2n) is 3.83. The zero-order chi connectivity index (χ0) is 7.73. The van der Waals surface area contributed by atoms with Gasteiger partial charge < -0.3 is 0 Å². The van der Waals surface area contributed by atoms with Gasteiger partial charge in [-0.15, -0.1) is 0 Å². The van der Waals surface area contributed by atoms with Crippen molar-refractivity contribution in [3.63, 3.8) is 0 Å². The molecule has 2 radical (unpaired) electrons. The zero-order valence-corrected chi connectivity index (χ0v) is 7.92. The molecule has 2 unspecified atom stereocenters. The summed E-state index contributed by atoms with van der Waals surface area (Å²) in [7, 11) is 0. The average molecular weight is 162 g/mol. The highest BCUT2D eigenvalue weighted by molar-refractivity contribution is 5.17. The molecule has 2 aliphatic carbocycles. The van der Waals surface area contributed by atoms with Gasteiger partial charge in [-0.25, -0.2) is 0 Å². The fourth-order valence-electron chi connectivity index (χ4n) is 2.52. The molecule has 0 saturated heterocycles. The number of hydrogen-bond donors (Lipinski definition) is 0. The van der Waals surface area contributed by atoms with Crippen LogP contribution in [-0.4, -0.2) is 0 Å². The second kappa shape index (κ2) is 3.47. The van der Waals surface area contributed by atoms with E-state index in [0.29, 0.717) is 5.41 Å². The highest BCUT2D eigenvalue weighted by Gasteiger charge is 2.37. The molecule has 2 rings (SSSR count). The van der Waals surface area contributed by atoms with Gasteiger partial charge in [0, 0.05) is 0 Å². The Labute approximate surface area is 76.4 Å². The Bertz CT molecular complexity index is 200. The first-order valence-electron chi connectivity index (χ1n) is 4.70. The van der Waals surface area contributed by atoms with E-state index in [2.05, 4.69) is 31.2 Å². The van der Waals surface area contributed by atoms with E-state index in [1.807, 2.05) is 0 Å². The van der Waals surface area contributed by atoms with E-state index < -0.39 is 0 Å². The van der Waals surface area contributed by atoms with Crippen molar-refractivity contribution in [1.29, 1.82) is 0 Å². The Hall–Kier alpha value is -0.520. The number of allylic oxidation sites excluding steroid dienone is 4. The van der Waals surface area contributed by atoms with Crippen molar-refractivity contribution in [3.8, 4) is 0 Å². The van der Waals surface area contributed by atoms with E-state index >= 15 is 0 Å². The molecule has 0 bridgehead atoms. The van der Waals surface area contributed by atoms with E-state index in [9.17, 15) is 0 Å². The first-order chi connectivity index (χ1) is 5.37. The summed E-state index contributed by atoms with van der Waals surface area (Å²) in [6, 6.07) is 0. The van der Waals surface area contributed by atoms with Gasteiger partial charge in [0.2, 0.25) is 0 Å². The van der Waals surface area contributed by atoms with Crippen LogP contribution in [0, 0.1) is 18.8 Å². The number of rotatable bonds is 1. The van der Waals surface area contributed by atoms with Crippen molar-refractivity contribution in [3.05, 3.63) is 31.7 Å². The quantitative estimate of drug-likeness (QED) is 0.516. The SMILES string of the molecule is CCC12C=CCC1CC=CC2.[CH2]. The van der Waals surface area contributed by atoms with Crippen LogP contribution in [0.1, 0.15) is 32.6 Å². The lowest BCUT2D eigenvalue weighted by molar-refractivity contribution is 0.233. The Kier molecular flexibility index (Phi) is 2.76. The lowest BCUT2D eigenvalue weighted by atomic mass is 9.69. The maximum absolute atomic E-state index is 2.46. The van der Waals surface area contributed by atoms with Crippen LogP contribution in [0.15, 0.2) is 24.3 Å². The molecule has 0 fully saturated rings. The monoisotopic (exact) mass is 162 g/mol. The molecule has 0 saturated carbocycles. The van der Waals surface area contributed by atoms with Crippen LogP contribution in [0.2, 0.25) is 0 Å². The molecular formula is C12H18. The van der Waals surface area contributed by atoms with Crippen molar-refractivity contribution < 1.29 is 0 Å². The molecule has 2 atom stereocenters. The number of fused-ring (bicyclic) bond motifs is 1. The third-order valence-electron chi connectivity index (χ3n) is 3.43. The lowest BCUT2D eigenvalue weighted by Gasteiger charge is -2.35. The van der Waals surface area contributed by atoms with Crippen molar-refractivity contribution in [2.24, 2.45) is 11.3 Å². The topological polar surface area (TPSA) is 0 Å². The molecule has 66 valence electrons. The van der Waals surface area contributed by atoms with Gasteiger partial charge in [0.15, 0.2) is 0 Å². The predicted molar refractivity (Wildman–Crippen MR) is 53.7 cm³/mol. The third kappa shape index (κ3) is 1.24. The average Bonchev–Trinajstić information content (AvgIpc) is 2.48. The Morgan fingerprint density at radius 1 is 1.25 bits per heavy atom. The molecule has 0 nitrogen and oxygen atoms in total. The van der Waals surface area contributed by atoms with E-state index in [1.54, 1.807) is 0 Å². The minimum Gasteiger partial charge on any atom is -0.0882 e. The maximum atomic E-state index is 2.46. The van der Waals surface area contributed by atoms with Gasteiger partial charge >= 0.3 is 0 Å². The molecule has 0 heteroatoms. The highest BCUT2D eigenvalue weighted by Crippen LogP contribution is 2.48. The molecule has 0 N–H and O–H groups in total. The maximum Gasteiger partial charge on any atom is -0.00523 e. The lowest BCUT2D eigenvalue weighted by Crippen LogP contribution is -2.25. The highest BCUT2D eigenvalue weighted by atomic mass is 14.4. The van der Waals surface area contributed by atoms with Crippen molar-refractivity contribution >= 4 is 0 Å². The van der Waals surface area contributed by atoms with Crippen LogP contribution in [0.3, 0.4) is 0 Å². The zero-order valence-electron chi connectivity index (χ0n) is 7.92. The Balaban J connectivity index is 0.000000720. The molecule has 0 spiro atoms. The smallest absolute Gasteiger partial charge is 0.00523 e. The van der Waals surface area contributed by atoms with Gasteiger partial charge in [0.1, 0.15) is 0 Å². The van der Waals surface area contributed by atoms with Crippen LogP contribution >= 0.6 is 0 Å². The van der Waals surface area contributed by atoms with Crippen LogP contribution in [0.4, 0.5) is 0 Å². The summed E-state index contributed by atoms with van der Waals surface area (Å²) in [5, 5.41) is 0. The standard InChI is InChI=1S/C11H16.CH2/c1-2-11-8-4-3-6-10(11)7-5-9-11;/h3-5,9-10H,2,6-8H2,1H3;1H2. The van der Waals surface area contributed by atoms with Crippen LogP contribution in [0.5, 0.6) is 0 Å². The molecular weight excluding hydrogens is 144 g/mol. The van der Waals surface area contributed by atoms with Gasteiger partial charge in [0.05, 0.1) is 0 Å². The van der Waals surface area contributed by atoms with Gasteiger partial charge in [-0.3, -0.25) is 0 Å². The van der Waals surface area contributed by atoms with Crippen molar-refractivity contribution in [2.45, 2.75) is 32.6 Å². The fraction of sp³-hybridized carbons (Fsp3) is 0.583. The largest absolute Gasteiger partial charge is 0.0882 e. The summed E-state index contributed by atoms with van der Waals surface area (Å²) in [5.41, 5.74) is 0.564. The fourth-order valence-corrected chi connectivity index (χ4v) is 2.52. The molecule has 0 aliphatic heterocycles. The first-order valence-corrected chi connectivity index (χ1v) is 4.70. The number of hydrogen-bond acceptors (Lipinski definition) is 0. The van der Waals surface area contributed by atoms with Crippen LogP contribution in [0.25, 0.3) is 0 Å². The molecule has 0 aromatic rings. The Morgan fingerprint density at radius 2 is 2.00 bits per heavy atom. The van der Waals surface area contributed by atoms with Crippen molar-refractivity contribution in [1.82, 2.24) is 0 Å². The Morgan fingerprint density at radius 3 is 2.67 bits per heavy atom. The third-order valence-corrected chi connectivity index (χ3v) is 3.43. The summed E-state index contributed by atoms with van der Waals surface area (Å²) >= 11 is 0. The van der Waals surface area contributed by atoms with Crippen LogP contribution < -0.4 is 0 Å². The van der Waals surface area contributed by atoms with Gasteiger partial charge in [-0.05, 0) is 37.0 Å². The summed E-state index contributed by atoms with van der Waals surface area (Å²) < 4.78 is 0. The van der Waals surface area contributed by atoms with Crippen molar-refractivity contribution in [2.75, 3.05) is 0 Å². The minimum absolute atomic E-state index is 0.